The molecule has 0 bridgehead atoms. The van der Waals surface area contributed by atoms with E-state index in [4.69, 9.17) is 4.74 Å². The lowest BCUT2D eigenvalue weighted by molar-refractivity contribution is 0.0970. The minimum absolute atomic E-state index is 0.00744. The van der Waals surface area contributed by atoms with Gasteiger partial charge in [-0.1, -0.05) is 0 Å². The number of fused-ring (bicyclic) bond motifs is 1. The lowest BCUT2D eigenvalue weighted by Crippen LogP contribution is -2.24. The number of nitrogens with zero attached hydrogens (tertiary/aromatic N) is 3. The Labute approximate surface area is 183 Å². The number of carbonyl (C=O) groups excluding carboxylic acids is 1. The van der Waals surface area contributed by atoms with Gasteiger partial charge >= 0.3 is 0 Å². The molecule has 3 heterocycles. The summed E-state index contributed by atoms with van der Waals surface area (Å²) in [6.45, 7) is 4.02. The Morgan fingerprint density at radius 3 is 2.61 bits per heavy atom. The molecule has 5 rings (SSSR count). The van der Waals surface area contributed by atoms with Crippen molar-refractivity contribution < 1.29 is 9.53 Å². The van der Waals surface area contributed by atoms with Gasteiger partial charge in [0.25, 0.3) is 5.56 Å². The summed E-state index contributed by atoms with van der Waals surface area (Å²) in [5.41, 5.74) is 4.26. The van der Waals surface area contributed by atoms with E-state index in [-0.39, 0.29) is 17.9 Å². The van der Waals surface area contributed by atoms with Gasteiger partial charge in [-0.05, 0) is 68.7 Å². The minimum Gasteiger partial charge on any atom is -0.497 e. The summed E-state index contributed by atoms with van der Waals surface area (Å²) >= 11 is 1.40. The molecule has 1 aliphatic rings. The Kier molecular flexibility index (Phi) is 4.78. The highest BCUT2D eigenvalue weighted by atomic mass is 32.1. The lowest BCUT2D eigenvalue weighted by atomic mass is 10.1. The smallest absolute Gasteiger partial charge is 0.271 e. The third kappa shape index (κ3) is 3.49. The molecule has 1 aromatic carbocycles. The van der Waals surface area contributed by atoms with Crippen LogP contribution in [-0.4, -0.2) is 27.0 Å². The van der Waals surface area contributed by atoms with Crippen LogP contribution in [0.5, 0.6) is 5.75 Å². The molecule has 4 aromatic rings. The molecule has 0 amide bonds. The van der Waals surface area contributed by atoms with Crippen molar-refractivity contribution >= 4 is 27.3 Å². The number of methoxy groups -OCH3 is 1. The standard InChI is InChI=1S/C24H23N3O3S/c1-14-10-19(15(2)27(14)17-6-7-17)21(28)12-26-13-25-20-11-22(31-23(20)24(26)29)16-4-8-18(30-3)9-5-16/h4-5,8-11,13,17H,6-7,12H2,1-3H3. The number of carbonyl (C=O) groups is 1. The summed E-state index contributed by atoms with van der Waals surface area (Å²) in [6.07, 6.45) is 3.81. The third-order valence-corrected chi connectivity index (χ3v) is 7.05. The van der Waals surface area contributed by atoms with E-state index in [0.717, 1.165) is 27.6 Å². The molecule has 0 N–H and O–H groups in total. The van der Waals surface area contributed by atoms with E-state index in [1.54, 1.807) is 7.11 Å². The summed E-state index contributed by atoms with van der Waals surface area (Å²) in [5, 5.41) is 0. The second-order valence-electron chi connectivity index (χ2n) is 8.04. The molecule has 1 fully saturated rings. The molecule has 0 saturated heterocycles. The maximum absolute atomic E-state index is 13.1. The van der Waals surface area contributed by atoms with Crippen LogP contribution in [0.3, 0.4) is 0 Å². The number of aryl methyl sites for hydroxylation is 1. The average Bonchev–Trinajstić information content (AvgIpc) is 3.42. The van der Waals surface area contributed by atoms with Gasteiger partial charge in [-0.15, -0.1) is 11.3 Å². The number of aromatic nitrogens is 3. The summed E-state index contributed by atoms with van der Waals surface area (Å²) in [6, 6.07) is 12.1. The number of ether oxygens (including phenoxy) is 1. The van der Waals surface area contributed by atoms with Crippen LogP contribution in [0, 0.1) is 13.8 Å². The summed E-state index contributed by atoms with van der Waals surface area (Å²) in [5.74, 6) is 0.722. The van der Waals surface area contributed by atoms with E-state index < -0.39 is 0 Å². The summed E-state index contributed by atoms with van der Waals surface area (Å²) in [7, 11) is 1.63. The number of ketones is 1. The Bertz CT molecular complexity index is 1360. The number of hydrogen-bond acceptors (Lipinski definition) is 5. The van der Waals surface area contributed by atoms with Crippen molar-refractivity contribution in [3.63, 3.8) is 0 Å². The van der Waals surface area contributed by atoms with E-state index in [2.05, 4.69) is 9.55 Å². The van der Waals surface area contributed by atoms with Crippen molar-refractivity contribution in [2.24, 2.45) is 0 Å². The zero-order valence-corrected chi connectivity index (χ0v) is 18.5. The van der Waals surface area contributed by atoms with E-state index in [1.807, 2.05) is 50.2 Å². The largest absolute Gasteiger partial charge is 0.497 e. The first kappa shape index (κ1) is 19.8. The quantitative estimate of drug-likeness (QED) is 0.411. The minimum atomic E-state index is -0.181. The summed E-state index contributed by atoms with van der Waals surface area (Å²) in [4.78, 5) is 31.5. The predicted octanol–water partition coefficient (Wildman–Crippen LogP) is 4.77. The molecule has 0 unspecified atom stereocenters. The fourth-order valence-corrected chi connectivity index (χ4v) is 5.21. The molecule has 6 nitrogen and oxygen atoms in total. The van der Waals surface area contributed by atoms with E-state index >= 15 is 0 Å². The fraction of sp³-hybridized carbons (Fsp3) is 0.292. The van der Waals surface area contributed by atoms with Crippen molar-refractivity contribution in [1.29, 1.82) is 0 Å². The van der Waals surface area contributed by atoms with Crippen molar-refractivity contribution in [3.05, 3.63) is 70.0 Å². The maximum Gasteiger partial charge on any atom is 0.271 e. The topological polar surface area (TPSA) is 66.1 Å². The number of Topliss-reactive ketones (excluding diaryl/α,β-unsaturated/α-hetero) is 1. The van der Waals surface area contributed by atoms with Gasteiger partial charge < -0.3 is 9.30 Å². The Morgan fingerprint density at radius 2 is 1.94 bits per heavy atom. The van der Waals surface area contributed by atoms with Crippen molar-refractivity contribution in [1.82, 2.24) is 14.1 Å². The first-order chi connectivity index (χ1) is 15.0. The molecule has 31 heavy (non-hydrogen) atoms. The van der Waals surface area contributed by atoms with E-state index in [1.165, 1.54) is 35.1 Å². The van der Waals surface area contributed by atoms with Crippen LogP contribution in [0.15, 0.2) is 47.5 Å². The average molecular weight is 434 g/mol. The third-order valence-electron chi connectivity index (χ3n) is 5.89. The Balaban J connectivity index is 1.45. The van der Waals surface area contributed by atoms with Crippen LogP contribution in [0.1, 0.15) is 40.6 Å². The molecule has 0 spiro atoms. The van der Waals surface area contributed by atoms with Gasteiger partial charge in [0.15, 0.2) is 5.78 Å². The van der Waals surface area contributed by atoms with Gasteiger partial charge in [-0.3, -0.25) is 14.2 Å². The molecule has 3 aromatic heterocycles. The van der Waals surface area contributed by atoms with Crippen LogP contribution in [-0.2, 0) is 6.54 Å². The maximum atomic E-state index is 13.1. The number of benzene rings is 1. The zero-order chi connectivity index (χ0) is 21.7. The van der Waals surface area contributed by atoms with E-state index in [0.29, 0.717) is 21.8 Å². The number of hydrogen-bond donors (Lipinski definition) is 0. The molecule has 0 aliphatic heterocycles. The van der Waals surface area contributed by atoms with Gasteiger partial charge in [-0.25, -0.2) is 4.98 Å². The normalized spacial score (nSPS) is 13.6. The SMILES string of the molecule is COc1ccc(-c2cc3ncn(CC(=O)c4cc(C)n(C5CC5)c4C)c(=O)c3s2)cc1. The molecule has 7 heteroatoms. The van der Waals surface area contributed by atoms with Crippen LogP contribution in [0.2, 0.25) is 0 Å². The molecule has 1 aliphatic carbocycles. The first-order valence-corrected chi connectivity index (χ1v) is 11.1. The zero-order valence-electron chi connectivity index (χ0n) is 17.7. The van der Waals surface area contributed by atoms with Crippen molar-refractivity contribution in [2.75, 3.05) is 7.11 Å². The van der Waals surface area contributed by atoms with Crippen LogP contribution in [0.25, 0.3) is 20.7 Å². The second-order valence-corrected chi connectivity index (χ2v) is 9.09. The fourth-order valence-electron chi connectivity index (χ4n) is 4.15. The molecular formula is C24H23N3O3S. The highest BCUT2D eigenvalue weighted by molar-refractivity contribution is 7.22. The molecule has 158 valence electrons. The van der Waals surface area contributed by atoms with E-state index in [9.17, 15) is 9.59 Å². The Hall–Kier alpha value is -3.19. The first-order valence-electron chi connectivity index (χ1n) is 10.3. The molecule has 0 radical (unpaired) electrons. The molecular weight excluding hydrogens is 410 g/mol. The van der Waals surface area contributed by atoms with Crippen molar-refractivity contribution in [3.8, 4) is 16.2 Å². The molecule has 1 saturated carbocycles. The van der Waals surface area contributed by atoms with Crippen LogP contribution < -0.4 is 10.3 Å². The molecule has 0 atom stereocenters. The van der Waals surface area contributed by atoms with Crippen molar-refractivity contribution in [2.45, 2.75) is 39.3 Å². The Morgan fingerprint density at radius 1 is 1.19 bits per heavy atom. The lowest BCUT2D eigenvalue weighted by Gasteiger charge is -2.08. The highest BCUT2D eigenvalue weighted by Crippen LogP contribution is 2.38. The summed E-state index contributed by atoms with van der Waals surface area (Å²) < 4.78 is 9.44. The van der Waals surface area contributed by atoms with Gasteiger partial charge in [-0.2, -0.15) is 0 Å². The van der Waals surface area contributed by atoms with Gasteiger partial charge in [0, 0.05) is 27.9 Å². The number of rotatable bonds is 6. The van der Waals surface area contributed by atoms with Gasteiger partial charge in [0.1, 0.15) is 10.4 Å². The second kappa shape index (κ2) is 7.50. The number of thiophene rings is 1. The van der Waals surface area contributed by atoms with Crippen LogP contribution >= 0.6 is 11.3 Å². The monoisotopic (exact) mass is 433 g/mol. The van der Waals surface area contributed by atoms with Crippen LogP contribution in [0.4, 0.5) is 0 Å². The highest BCUT2D eigenvalue weighted by Gasteiger charge is 2.28. The van der Waals surface area contributed by atoms with Gasteiger partial charge in [0.05, 0.1) is 25.5 Å². The van der Waals surface area contributed by atoms with Gasteiger partial charge in [0.2, 0.25) is 0 Å². The predicted molar refractivity (Wildman–Crippen MR) is 122 cm³/mol.